The van der Waals surface area contributed by atoms with E-state index in [1.54, 1.807) is 32.9 Å². The fourth-order valence-corrected chi connectivity index (χ4v) is 3.07. The number of carbonyl (C=O) groups is 1. The molecule has 2 rings (SSSR count). The number of alkyl halides is 2. The van der Waals surface area contributed by atoms with Gasteiger partial charge in [0.05, 0.1) is 12.1 Å². The third kappa shape index (κ3) is 6.24. The molecule has 0 spiro atoms. The minimum atomic E-state index is -3.02. The van der Waals surface area contributed by atoms with Crippen LogP contribution in [0.4, 0.5) is 13.2 Å². The van der Waals surface area contributed by atoms with Crippen LogP contribution in [0.15, 0.2) is 24.3 Å². The van der Waals surface area contributed by atoms with Crippen LogP contribution in [0, 0.1) is 23.1 Å². The summed E-state index contributed by atoms with van der Waals surface area (Å²) in [5.41, 5.74) is -0.244. The molecule has 1 aromatic carbocycles. The van der Waals surface area contributed by atoms with Crippen molar-refractivity contribution < 1.29 is 18.0 Å². The summed E-state index contributed by atoms with van der Waals surface area (Å²) in [4.78, 5) is 12.6. The summed E-state index contributed by atoms with van der Waals surface area (Å²) in [6, 6.07) is 6.10. The predicted octanol–water partition coefficient (Wildman–Crippen LogP) is 4.09. The number of carbonyl (C=O) groups excluding carboxylic acids is 1. The van der Waals surface area contributed by atoms with Crippen LogP contribution in [0.2, 0.25) is 0 Å². The Labute approximate surface area is 158 Å². The van der Waals surface area contributed by atoms with Gasteiger partial charge in [0, 0.05) is 18.9 Å². The van der Waals surface area contributed by atoms with E-state index in [1.807, 2.05) is 6.07 Å². The molecule has 2 atom stereocenters. The van der Waals surface area contributed by atoms with E-state index < -0.39 is 41.7 Å². The average molecular weight is 381 g/mol. The summed E-state index contributed by atoms with van der Waals surface area (Å²) in [5.74, 6) is -4.23. The summed E-state index contributed by atoms with van der Waals surface area (Å²) in [7, 11) is 0. The lowest BCUT2D eigenvalue weighted by atomic mass is 9.97. The quantitative estimate of drug-likeness (QED) is 0.677. The van der Waals surface area contributed by atoms with Gasteiger partial charge in [0.25, 0.3) is 0 Å². The molecule has 27 heavy (non-hydrogen) atoms. The fraction of sp³-hybridized carbons (Fsp3) is 0.600. The molecule has 1 fully saturated rings. The number of hydrogen-bond acceptors (Lipinski definition) is 3. The number of nitrogens with one attached hydrogen (secondary N) is 2. The van der Waals surface area contributed by atoms with Crippen molar-refractivity contribution in [3.63, 3.8) is 0 Å². The standard InChI is InChI=1S/C20H26F3N3O/c1-13(2)10-20(22,23)11-17(18(27)26-19(12-24)8-9-19)25-14(3)15-4-6-16(21)7-5-15/h4-7,13-14,17,25H,8-11H2,1-3H3,(H,26,27)/t14-,17+/m1/s1. The molecule has 0 bridgehead atoms. The highest BCUT2D eigenvalue weighted by Crippen LogP contribution is 2.35. The Morgan fingerprint density at radius 1 is 1.22 bits per heavy atom. The van der Waals surface area contributed by atoms with E-state index in [2.05, 4.69) is 10.6 Å². The number of benzene rings is 1. The van der Waals surface area contributed by atoms with Crippen molar-refractivity contribution in [3.8, 4) is 6.07 Å². The van der Waals surface area contributed by atoms with Crippen molar-refractivity contribution in [3.05, 3.63) is 35.6 Å². The second kappa shape index (κ2) is 8.30. The zero-order chi connectivity index (χ0) is 20.2. The Balaban J connectivity index is 2.14. The largest absolute Gasteiger partial charge is 0.336 e. The smallest absolute Gasteiger partial charge is 0.250 e. The van der Waals surface area contributed by atoms with E-state index in [-0.39, 0.29) is 12.3 Å². The van der Waals surface area contributed by atoms with Crippen LogP contribution in [-0.2, 0) is 4.79 Å². The molecule has 0 heterocycles. The Hall–Kier alpha value is -2.07. The van der Waals surface area contributed by atoms with Gasteiger partial charge in [-0.15, -0.1) is 0 Å². The number of rotatable bonds is 9. The molecule has 1 aromatic rings. The van der Waals surface area contributed by atoms with Crippen LogP contribution in [0.3, 0.4) is 0 Å². The number of nitrogens with zero attached hydrogens (tertiary/aromatic N) is 1. The molecule has 148 valence electrons. The SMILES string of the molecule is CC(C)CC(F)(F)C[C@H](N[C@H](C)c1ccc(F)cc1)C(=O)NC1(C#N)CC1. The van der Waals surface area contributed by atoms with E-state index in [0.29, 0.717) is 18.4 Å². The average Bonchev–Trinajstić information content (AvgIpc) is 3.33. The molecule has 0 aromatic heterocycles. The van der Waals surface area contributed by atoms with E-state index in [9.17, 15) is 18.0 Å². The van der Waals surface area contributed by atoms with Gasteiger partial charge in [-0.05, 0) is 43.4 Å². The fourth-order valence-electron chi connectivity index (χ4n) is 3.07. The van der Waals surface area contributed by atoms with Crippen molar-refractivity contribution in [2.75, 3.05) is 0 Å². The van der Waals surface area contributed by atoms with Gasteiger partial charge in [-0.25, -0.2) is 13.2 Å². The Bertz CT molecular complexity index is 693. The molecule has 1 saturated carbocycles. The first-order valence-corrected chi connectivity index (χ1v) is 9.18. The maximum Gasteiger partial charge on any atom is 0.250 e. The minimum absolute atomic E-state index is 0.216. The third-order valence-corrected chi connectivity index (χ3v) is 4.67. The third-order valence-electron chi connectivity index (χ3n) is 4.67. The molecule has 1 amide bonds. The maximum absolute atomic E-state index is 14.4. The van der Waals surface area contributed by atoms with Gasteiger partial charge in [0.1, 0.15) is 11.4 Å². The molecule has 1 aliphatic rings. The van der Waals surface area contributed by atoms with Crippen LogP contribution in [0.5, 0.6) is 0 Å². The van der Waals surface area contributed by atoms with Gasteiger partial charge < -0.3 is 5.32 Å². The number of nitriles is 1. The highest BCUT2D eigenvalue weighted by atomic mass is 19.3. The summed E-state index contributed by atoms with van der Waals surface area (Å²) in [5, 5.41) is 14.7. The Morgan fingerprint density at radius 3 is 2.30 bits per heavy atom. The van der Waals surface area contributed by atoms with Crippen molar-refractivity contribution in [1.29, 1.82) is 5.26 Å². The predicted molar refractivity (Wildman–Crippen MR) is 96.5 cm³/mol. The lowest BCUT2D eigenvalue weighted by Crippen LogP contribution is -2.51. The first-order valence-electron chi connectivity index (χ1n) is 9.18. The van der Waals surface area contributed by atoms with Crippen molar-refractivity contribution in [2.45, 2.75) is 70.0 Å². The van der Waals surface area contributed by atoms with Crippen LogP contribution in [-0.4, -0.2) is 23.4 Å². The molecule has 1 aliphatic carbocycles. The molecule has 0 saturated heterocycles. The summed E-state index contributed by atoms with van der Waals surface area (Å²) in [6.45, 7) is 5.13. The van der Waals surface area contributed by atoms with E-state index in [4.69, 9.17) is 5.26 Å². The molecule has 4 nitrogen and oxygen atoms in total. The molecule has 0 aliphatic heterocycles. The minimum Gasteiger partial charge on any atom is -0.336 e. The van der Waals surface area contributed by atoms with Crippen LogP contribution in [0.25, 0.3) is 0 Å². The Kier molecular flexibility index (Phi) is 6.53. The van der Waals surface area contributed by atoms with Crippen molar-refractivity contribution in [2.24, 2.45) is 5.92 Å². The van der Waals surface area contributed by atoms with Crippen LogP contribution in [0.1, 0.15) is 58.1 Å². The van der Waals surface area contributed by atoms with Crippen LogP contribution >= 0.6 is 0 Å². The second-order valence-electron chi connectivity index (χ2n) is 7.83. The zero-order valence-electron chi connectivity index (χ0n) is 15.9. The van der Waals surface area contributed by atoms with Gasteiger partial charge in [-0.3, -0.25) is 10.1 Å². The van der Waals surface area contributed by atoms with E-state index >= 15 is 0 Å². The monoisotopic (exact) mass is 381 g/mol. The lowest BCUT2D eigenvalue weighted by molar-refractivity contribution is -0.127. The first kappa shape index (κ1) is 21.2. The lowest BCUT2D eigenvalue weighted by Gasteiger charge is -2.28. The summed E-state index contributed by atoms with van der Waals surface area (Å²) < 4.78 is 41.9. The summed E-state index contributed by atoms with van der Waals surface area (Å²) in [6.07, 6.45) is 0.0621. The first-order chi connectivity index (χ1) is 12.6. The van der Waals surface area contributed by atoms with E-state index in [0.717, 1.165) is 0 Å². The van der Waals surface area contributed by atoms with Gasteiger partial charge in [0.2, 0.25) is 11.8 Å². The molecule has 2 N–H and O–H groups in total. The highest BCUT2D eigenvalue weighted by Gasteiger charge is 2.47. The Morgan fingerprint density at radius 2 is 1.81 bits per heavy atom. The zero-order valence-corrected chi connectivity index (χ0v) is 15.9. The number of hydrogen-bond donors (Lipinski definition) is 2. The van der Waals surface area contributed by atoms with Crippen LogP contribution < -0.4 is 10.6 Å². The van der Waals surface area contributed by atoms with Gasteiger partial charge in [0.15, 0.2) is 0 Å². The van der Waals surface area contributed by atoms with Crippen molar-refractivity contribution in [1.82, 2.24) is 10.6 Å². The molecule has 0 unspecified atom stereocenters. The van der Waals surface area contributed by atoms with Gasteiger partial charge in [-0.2, -0.15) is 5.26 Å². The van der Waals surface area contributed by atoms with Gasteiger partial charge in [-0.1, -0.05) is 26.0 Å². The topological polar surface area (TPSA) is 64.9 Å². The maximum atomic E-state index is 14.4. The second-order valence-corrected chi connectivity index (χ2v) is 7.83. The highest BCUT2D eigenvalue weighted by molar-refractivity contribution is 5.83. The van der Waals surface area contributed by atoms with E-state index in [1.165, 1.54) is 12.1 Å². The van der Waals surface area contributed by atoms with Gasteiger partial charge >= 0.3 is 0 Å². The van der Waals surface area contributed by atoms with Crippen molar-refractivity contribution >= 4 is 5.91 Å². The molecule has 0 radical (unpaired) electrons. The molecule has 7 heteroatoms. The normalized spacial score (nSPS) is 17.9. The number of halogens is 3. The molecular formula is C20H26F3N3O. The molecular weight excluding hydrogens is 355 g/mol. The summed E-state index contributed by atoms with van der Waals surface area (Å²) >= 11 is 0. The number of amides is 1.